The molecule has 0 bridgehead atoms. The molecule has 1 aliphatic heterocycles. The van der Waals surface area contributed by atoms with Crippen LogP contribution in [0.3, 0.4) is 0 Å². The van der Waals surface area contributed by atoms with E-state index in [-0.39, 0.29) is 11.6 Å². The second kappa shape index (κ2) is 6.59. The third kappa shape index (κ3) is 3.53. The number of esters is 1. The van der Waals surface area contributed by atoms with Gasteiger partial charge in [-0.1, -0.05) is 18.2 Å². The Morgan fingerprint density at radius 1 is 1.19 bits per heavy atom. The minimum absolute atomic E-state index is 0.0937. The highest BCUT2D eigenvalue weighted by Gasteiger charge is 2.28. The van der Waals surface area contributed by atoms with Gasteiger partial charge in [-0.05, 0) is 18.2 Å². The first-order valence-electron chi connectivity index (χ1n) is 6.26. The van der Waals surface area contributed by atoms with Crippen molar-refractivity contribution in [2.24, 2.45) is 4.99 Å². The second-order valence-corrected chi connectivity index (χ2v) is 4.46. The van der Waals surface area contributed by atoms with Crippen LogP contribution in [0.2, 0.25) is 0 Å². The highest BCUT2D eigenvalue weighted by atomic mass is 16.6. The molecule has 1 aliphatic rings. The topological polar surface area (TPSA) is 120 Å². The number of carbonyl (C=O) groups excluding carboxylic acids is 1. The molecule has 1 aromatic carbocycles. The first kappa shape index (κ1) is 15.3. The molecule has 7 nitrogen and oxygen atoms in total. The molecule has 112 valence electrons. The number of carbonyl (C=O) groups is 1. The molecule has 21 heavy (non-hydrogen) atoms. The molecule has 0 spiro atoms. The van der Waals surface area contributed by atoms with Crippen molar-refractivity contribution in [3.63, 3.8) is 0 Å². The molecule has 1 heterocycles. The Kier molecular flexibility index (Phi) is 4.81. The van der Waals surface area contributed by atoms with Gasteiger partial charge in [0.05, 0.1) is 6.61 Å². The minimum atomic E-state index is -1.63. The Balaban J connectivity index is 2.18. The molecule has 0 aromatic heterocycles. The van der Waals surface area contributed by atoms with Gasteiger partial charge in [-0.15, -0.1) is 0 Å². The maximum atomic E-state index is 11.6. The molecule has 1 aromatic rings. The van der Waals surface area contributed by atoms with Crippen LogP contribution in [0.4, 0.5) is 0 Å². The molecule has 4 N–H and O–H groups in total. The Morgan fingerprint density at radius 2 is 1.86 bits per heavy atom. The van der Waals surface area contributed by atoms with Crippen molar-refractivity contribution in [1.82, 2.24) is 0 Å². The van der Waals surface area contributed by atoms with Gasteiger partial charge in [-0.3, -0.25) is 0 Å². The van der Waals surface area contributed by atoms with Crippen LogP contribution < -0.4 is 0 Å². The summed E-state index contributed by atoms with van der Waals surface area (Å²) in [5.41, 5.74) is 0.422. The Morgan fingerprint density at radius 3 is 2.48 bits per heavy atom. The minimum Gasteiger partial charge on any atom is -0.402 e. The zero-order valence-corrected chi connectivity index (χ0v) is 11.0. The quantitative estimate of drug-likeness (QED) is 0.406. The van der Waals surface area contributed by atoms with Crippen molar-refractivity contribution in [2.45, 2.75) is 18.3 Å². The number of aliphatic hydroxyl groups excluding tert-OH is 4. The summed E-state index contributed by atoms with van der Waals surface area (Å²) >= 11 is 0. The lowest BCUT2D eigenvalue weighted by molar-refractivity contribution is -0.130. The zero-order chi connectivity index (χ0) is 15.4. The van der Waals surface area contributed by atoms with E-state index in [2.05, 4.69) is 4.99 Å². The fourth-order valence-corrected chi connectivity index (χ4v) is 1.72. The molecular formula is C14H15NO6. The number of aliphatic hydroxyl groups is 4. The number of aliphatic imine (C=N–C) groups is 1. The van der Waals surface area contributed by atoms with E-state index in [4.69, 9.17) is 9.84 Å². The molecule has 0 aliphatic carbocycles. The van der Waals surface area contributed by atoms with E-state index in [9.17, 15) is 20.1 Å². The van der Waals surface area contributed by atoms with Crippen LogP contribution in [-0.2, 0) is 9.53 Å². The summed E-state index contributed by atoms with van der Waals surface area (Å²) in [5.74, 6) is -0.671. The van der Waals surface area contributed by atoms with Gasteiger partial charge in [0, 0.05) is 5.56 Å². The monoisotopic (exact) mass is 293 g/mol. The van der Waals surface area contributed by atoms with Crippen molar-refractivity contribution < 1.29 is 30.0 Å². The van der Waals surface area contributed by atoms with Crippen LogP contribution in [0, 0.1) is 0 Å². The van der Waals surface area contributed by atoms with Crippen LogP contribution >= 0.6 is 0 Å². The van der Waals surface area contributed by atoms with Gasteiger partial charge in [0.2, 0.25) is 5.90 Å². The summed E-state index contributed by atoms with van der Waals surface area (Å²) in [4.78, 5) is 15.6. The van der Waals surface area contributed by atoms with Gasteiger partial charge >= 0.3 is 5.97 Å². The third-order valence-electron chi connectivity index (χ3n) is 2.90. The normalized spacial score (nSPS) is 20.9. The zero-order valence-electron chi connectivity index (χ0n) is 11.0. The van der Waals surface area contributed by atoms with Crippen LogP contribution in [0.1, 0.15) is 5.56 Å². The van der Waals surface area contributed by atoms with Crippen LogP contribution in [0.15, 0.2) is 47.1 Å². The van der Waals surface area contributed by atoms with Gasteiger partial charge in [-0.2, -0.15) is 0 Å². The van der Waals surface area contributed by atoms with Gasteiger partial charge in [0.15, 0.2) is 5.70 Å². The fourth-order valence-electron chi connectivity index (χ4n) is 1.72. The lowest BCUT2D eigenvalue weighted by atomic mass is 10.1. The molecular weight excluding hydrogens is 278 g/mol. The van der Waals surface area contributed by atoms with Crippen molar-refractivity contribution in [3.8, 4) is 0 Å². The molecule has 0 saturated heterocycles. The van der Waals surface area contributed by atoms with E-state index in [0.717, 1.165) is 6.08 Å². The molecule has 7 heteroatoms. The summed E-state index contributed by atoms with van der Waals surface area (Å²) < 4.78 is 4.97. The highest BCUT2D eigenvalue weighted by molar-refractivity contribution is 6.11. The summed E-state index contributed by atoms with van der Waals surface area (Å²) in [6.45, 7) is -0.718. The summed E-state index contributed by atoms with van der Waals surface area (Å²) in [7, 11) is 0. The maximum Gasteiger partial charge on any atom is 0.363 e. The highest BCUT2D eigenvalue weighted by Crippen LogP contribution is 2.17. The van der Waals surface area contributed by atoms with E-state index < -0.39 is 30.9 Å². The average molecular weight is 293 g/mol. The number of cyclic esters (lactones) is 1. The smallest absolute Gasteiger partial charge is 0.363 e. The predicted octanol–water partition coefficient (Wildman–Crippen LogP) is -1.05. The Hall–Kier alpha value is -2.06. The standard InChI is InChI=1S/C14H15NO6/c16-7-11(18)12(19)10(17)6-9-14(20)21-13(15-9)8-4-2-1-3-5-8/h1-6,10-12,16-19H,7H2/b9-6+. The summed E-state index contributed by atoms with van der Waals surface area (Å²) in [5, 5.41) is 37.1. The summed E-state index contributed by atoms with van der Waals surface area (Å²) in [6.07, 6.45) is -3.74. The van der Waals surface area contributed by atoms with E-state index in [1.807, 2.05) is 0 Å². The van der Waals surface area contributed by atoms with E-state index >= 15 is 0 Å². The van der Waals surface area contributed by atoms with Crippen molar-refractivity contribution >= 4 is 11.9 Å². The number of hydrogen-bond acceptors (Lipinski definition) is 7. The Labute approximate surface area is 120 Å². The fraction of sp³-hybridized carbons (Fsp3) is 0.286. The number of benzene rings is 1. The molecule has 0 amide bonds. The van der Waals surface area contributed by atoms with E-state index in [1.165, 1.54) is 0 Å². The molecule has 3 unspecified atom stereocenters. The molecule has 0 radical (unpaired) electrons. The van der Waals surface area contributed by atoms with Crippen LogP contribution in [0.5, 0.6) is 0 Å². The van der Waals surface area contributed by atoms with Crippen molar-refractivity contribution in [2.75, 3.05) is 6.61 Å². The first-order chi connectivity index (χ1) is 10.0. The number of nitrogens with zero attached hydrogens (tertiary/aromatic N) is 1. The number of ether oxygens (including phenoxy) is 1. The second-order valence-electron chi connectivity index (χ2n) is 4.46. The van der Waals surface area contributed by atoms with Crippen LogP contribution in [0.25, 0.3) is 0 Å². The van der Waals surface area contributed by atoms with Crippen molar-refractivity contribution in [3.05, 3.63) is 47.7 Å². The van der Waals surface area contributed by atoms with Crippen molar-refractivity contribution in [1.29, 1.82) is 0 Å². The first-order valence-corrected chi connectivity index (χ1v) is 6.26. The molecule has 0 saturated carbocycles. The van der Waals surface area contributed by atoms with Crippen LogP contribution in [-0.4, -0.2) is 57.2 Å². The summed E-state index contributed by atoms with van der Waals surface area (Å²) in [6, 6.07) is 8.72. The molecule has 0 fully saturated rings. The predicted molar refractivity (Wildman–Crippen MR) is 72.3 cm³/mol. The third-order valence-corrected chi connectivity index (χ3v) is 2.90. The lowest BCUT2D eigenvalue weighted by Gasteiger charge is -2.18. The van der Waals surface area contributed by atoms with Gasteiger partial charge in [0.1, 0.15) is 18.3 Å². The van der Waals surface area contributed by atoms with Gasteiger partial charge in [-0.25, -0.2) is 9.79 Å². The van der Waals surface area contributed by atoms with E-state index in [0.29, 0.717) is 5.56 Å². The maximum absolute atomic E-state index is 11.6. The SMILES string of the molecule is O=C1OC(c2ccccc2)=N/C1=C/C(O)C(O)C(O)CO. The van der Waals surface area contributed by atoms with Gasteiger partial charge < -0.3 is 25.2 Å². The average Bonchev–Trinajstić information content (AvgIpc) is 2.87. The Bertz CT molecular complexity index is 568. The van der Waals surface area contributed by atoms with Gasteiger partial charge in [0.25, 0.3) is 0 Å². The number of rotatable bonds is 5. The lowest BCUT2D eigenvalue weighted by Crippen LogP contribution is -2.38. The molecule has 2 rings (SSSR count). The van der Waals surface area contributed by atoms with E-state index in [1.54, 1.807) is 30.3 Å². The largest absolute Gasteiger partial charge is 0.402 e. The number of hydrogen-bond donors (Lipinski definition) is 4. The molecule has 3 atom stereocenters.